The van der Waals surface area contributed by atoms with Gasteiger partial charge in [0, 0.05) is 47.1 Å². The molecule has 0 spiro atoms. The van der Waals surface area contributed by atoms with Crippen molar-refractivity contribution in [1.29, 1.82) is 0 Å². The molecule has 0 saturated carbocycles. The zero-order valence-corrected chi connectivity index (χ0v) is 45.0. The van der Waals surface area contributed by atoms with Crippen molar-refractivity contribution in [1.82, 2.24) is 0 Å². The third-order valence-corrected chi connectivity index (χ3v) is 15.1. The van der Waals surface area contributed by atoms with Crippen LogP contribution in [0, 0.1) is 29.7 Å². The van der Waals surface area contributed by atoms with E-state index in [4.69, 9.17) is 22.3 Å². The Morgan fingerprint density at radius 2 is 1.16 bits per heavy atom. The predicted molar refractivity (Wildman–Crippen MR) is 310 cm³/mol. The van der Waals surface area contributed by atoms with E-state index in [1.54, 1.807) is 0 Å². The molecule has 10 rings (SSSR count). The van der Waals surface area contributed by atoms with E-state index >= 15 is 0 Å². The van der Waals surface area contributed by atoms with E-state index in [2.05, 4.69) is 257 Å². The fraction of sp³-hybridized carbons (Fsp3) is 0.246. The zero-order valence-electron chi connectivity index (χ0n) is 45.0. The van der Waals surface area contributed by atoms with E-state index in [-0.39, 0.29) is 12.1 Å². The first kappa shape index (κ1) is 50.6. The van der Waals surface area contributed by atoms with E-state index in [9.17, 15) is 0 Å². The van der Waals surface area contributed by atoms with Gasteiger partial charge in [-0.3, -0.25) is 4.58 Å². The number of aryl methyl sites for hydroxylation is 2. The summed E-state index contributed by atoms with van der Waals surface area (Å²) in [5.41, 5.74) is 11.8. The maximum absolute atomic E-state index is 6.94. The molecule has 0 bridgehead atoms. The summed E-state index contributed by atoms with van der Waals surface area (Å²) in [6.45, 7) is 27.6. The number of furan rings is 2. The molecule has 2 N–H and O–H groups in total. The van der Waals surface area contributed by atoms with Crippen LogP contribution in [0.15, 0.2) is 179 Å². The molecule has 5 aromatic carbocycles. The van der Waals surface area contributed by atoms with Crippen LogP contribution in [0.1, 0.15) is 160 Å². The standard InChI is InChI=1S/C69H72N4O2/c1-44(2)52-30-18-31-53(45(3)4)66(52)70-68(62-38-20-36-60(72(62)9)58-34-15-24-48-22-11-13-28-56(48)58)64-42-40-50(74-64)26-17-27-51-41-43-65(75-51)69(71-67-54(46(5)6)32-19-33-55(67)47(7)8)63-39-21-37-61(73(63)10)59-35-16-25-49-23-12-14-29-57(49)59/h11-16,18-25,28-47,68-71H,9-10,17,26-27H2,1-8H3. The van der Waals surface area contributed by atoms with Gasteiger partial charge in [-0.05, 0) is 93.5 Å². The first-order valence-corrected chi connectivity index (χ1v) is 27.0. The Hall–Kier alpha value is -7.96. The van der Waals surface area contributed by atoms with Crippen LogP contribution in [0.5, 0.6) is 0 Å². The lowest BCUT2D eigenvalue weighted by atomic mass is 9.91. The zero-order chi connectivity index (χ0) is 52.3. The minimum atomic E-state index is -0.326. The summed E-state index contributed by atoms with van der Waals surface area (Å²) in [5.74, 6) is 4.80. The molecule has 2 unspecified atom stereocenters. The summed E-state index contributed by atoms with van der Waals surface area (Å²) in [7, 11) is 0. The summed E-state index contributed by atoms with van der Waals surface area (Å²) < 4.78 is 18.1. The van der Waals surface area contributed by atoms with Crippen LogP contribution in [-0.2, 0) is 12.8 Å². The average Bonchev–Trinajstić information content (AvgIpc) is 4.09. The molecule has 0 radical (unpaired) electrons. The van der Waals surface area contributed by atoms with Crippen molar-refractivity contribution in [2.24, 2.45) is 0 Å². The van der Waals surface area contributed by atoms with Crippen molar-refractivity contribution in [2.75, 3.05) is 10.6 Å². The molecule has 0 amide bonds. The van der Waals surface area contributed by atoms with Gasteiger partial charge in [0.1, 0.15) is 47.5 Å². The Morgan fingerprint density at radius 3 is 1.84 bits per heavy atom. The Morgan fingerprint density at radius 1 is 0.573 bits per heavy atom. The van der Waals surface area contributed by atoms with Crippen LogP contribution in [0.2, 0.25) is 0 Å². The molecule has 3 aromatic heterocycles. The summed E-state index contributed by atoms with van der Waals surface area (Å²) in [5, 5.41) is 13.9. The van der Waals surface area contributed by atoms with Gasteiger partial charge in [-0.25, -0.2) is 0 Å². The highest BCUT2D eigenvalue weighted by molar-refractivity contribution is 5.93. The lowest BCUT2D eigenvalue weighted by molar-refractivity contribution is -0.521. The summed E-state index contributed by atoms with van der Waals surface area (Å²) >= 11 is 0. The van der Waals surface area contributed by atoms with E-state index < -0.39 is 0 Å². The van der Waals surface area contributed by atoms with Crippen LogP contribution in [0.4, 0.5) is 11.4 Å². The number of anilines is 2. The predicted octanol–water partition coefficient (Wildman–Crippen LogP) is 16.0. The average molecular weight is 989 g/mol. The topological polar surface area (TPSA) is 59.2 Å². The monoisotopic (exact) mass is 989 g/mol. The van der Waals surface area contributed by atoms with Crippen LogP contribution in [0.25, 0.3) is 22.5 Å². The highest BCUT2D eigenvalue weighted by Gasteiger charge is 2.34. The molecular formula is C69H72N4O2. The van der Waals surface area contributed by atoms with Crippen molar-refractivity contribution in [3.8, 4) is 0 Å². The molecule has 1 aliphatic heterocycles. The number of allylic oxidation sites excluding steroid dienone is 4. The summed E-state index contributed by atoms with van der Waals surface area (Å²) in [6, 6.07) is 50.3. The second-order valence-corrected chi connectivity index (χ2v) is 21.4. The number of aromatic nitrogens is 1. The molecule has 2 atom stereocenters. The van der Waals surface area contributed by atoms with Crippen molar-refractivity contribution in [3.05, 3.63) is 267 Å². The van der Waals surface area contributed by atoms with Gasteiger partial charge in [0.2, 0.25) is 11.0 Å². The molecule has 4 heterocycles. The van der Waals surface area contributed by atoms with Gasteiger partial charge in [0.25, 0.3) is 0 Å². The second-order valence-electron chi connectivity index (χ2n) is 21.4. The third-order valence-electron chi connectivity index (χ3n) is 15.1. The molecule has 0 saturated heterocycles. The third kappa shape index (κ3) is 10.3. The number of hydrogen-bond acceptors (Lipinski definition) is 4. The van der Waals surface area contributed by atoms with Crippen LogP contribution in [0.3, 0.4) is 0 Å². The van der Waals surface area contributed by atoms with Gasteiger partial charge in [-0.2, -0.15) is 4.24 Å². The number of nitrogens with zero attached hydrogens (tertiary/aromatic N) is 2. The summed E-state index contributed by atoms with van der Waals surface area (Å²) in [4.78, 5) is 0. The van der Waals surface area contributed by atoms with Crippen LogP contribution < -0.4 is 20.1 Å². The highest BCUT2D eigenvalue weighted by Crippen LogP contribution is 2.42. The molecule has 8 aromatic rings. The van der Waals surface area contributed by atoms with E-state index in [1.165, 1.54) is 43.8 Å². The number of benzene rings is 5. The highest BCUT2D eigenvalue weighted by atomic mass is 16.3. The molecule has 380 valence electrons. The molecule has 6 nitrogen and oxygen atoms in total. The fourth-order valence-electron chi connectivity index (χ4n) is 11.1. The number of nitrogens with one attached hydrogen (secondary N) is 2. The summed E-state index contributed by atoms with van der Waals surface area (Å²) in [6.07, 6.45) is 17.4. The van der Waals surface area contributed by atoms with Gasteiger partial charge in [0.15, 0.2) is 6.04 Å². The number of hydrogen-bond donors (Lipinski definition) is 2. The number of fused-ring (bicyclic) bond motifs is 2. The van der Waals surface area contributed by atoms with Gasteiger partial charge in [-0.1, -0.05) is 158 Å². The Bertz CT molecular complexity index is 3650. The lowest BCUT2D eigenvalue weighted by Crippen LogP contribution is -2.30. The molecule has 2 aliphatic rings. The van der Waals surface area contributed by atoms with Crippen molar-refractivity contribution in [2.45, 2.75) is 110 Å². The van der Waals surface area contributed by atoms with Crippen molar-refractivity contribution >= 4 is 40.6 Å². The molecule has 1 aliphatic carbocycles. The van der Waals surface area contributed by atoms with Gasteiger partial charge in [-0.15, -0.1) is 48.4 Å². The molecule has 6 heteroatoms. The Kier molecular flexibility index (Phi) is 14.7. The maximum atomic E-state index is 6.94. The van der Waals surface area contributed by atoms with Crippen LogP contribution >= 0.6 is 0 Å². The Labute approximate surface area is 444 Å². The number of para-hydroxylation sites is 2. The normalized spacial score (nSPS) is 14.6. The first-order chi connectivity index (χ1) is 36.4. The van der Waals surface area contributed by atoms with E-state index in [0.29, 0.717) is 23.7 Å². The lowest BCUT2D eigenvalue weighted by Gasteiger charge is -2.32. The smallest absolute Gasteiger partial charge is 0.217 e. The van der Waals surface area contributed by atoms with E-state index in [1.807, 2.05) is 0 Å². The number of pyridine rings is 1. The SMILES string of the molecule is C=[N+]1C(c2cccc3ccccc23)=CC=C[C-]1C(Nc1c(C(C)C)cccc1C(C)C)c1ccc(CCCc2ccc(C(Nc3c(C(C)C)cccc3C(C)C)c3cccc(=c4cccc5c4=CC=C[CH-]5)[n+]3=C)o2)o1. The second kappa shape index (κ2) is 21.9. The fourth-order valence-corrected chi connectivity index (χ4v) is 11.1. The molecular weight excluding hydrogens is 917 g/mol. The quantitative estimate of drug-likeness (QED) is 0.0705. The molecule has 75 heavy (non-hydrogen) atoms. The first-order valence-electron chi connectivity index (χ1n) is 27.0. The number of rotatable bonds is 17. The van der Waals surface area contributed by atoms with Gasteiger partial charge < -0.3 is 19.5 Å². The van der Waals surface area contributed by atoms with Crippen molar-refractivity contribution < 1.29 is 17.7 Å². The van der Waals surface area contributed by atoms with E-state index in [0.717, 1.165) is 87.2 Å². The van der Waals surface area contributed by atoms with Crippen LogP contribution in [-0.4, -0.2) is 11.3 Å². The Balaban J connectivity index is 0.959. The minimum Gasteiger partial charge on any atom is -0.464 e. The largest absolute Gasteiger partial charge is 0.464 e. The van der Waals surface area contributed by atoms with Gasteiger partial charge in [0.05, 0.1) is 6.72 Å². The van der Waals surface area contributed by atoms with Crippen molar-refractivity contribution in [3.63, 3.8) is 0 Å². The maximum Gasteiger partial charge on any atom is 0.217 e. The minimum absolute atomic E-state index is 0.314. The van der Waals surface area contributed by atoms with Gasteiger partial charge >= 0.3 is 0 Å². The molecule has 0 fully saturated rings.